The minimum atomic E-state index is -0.663. The normalized spacial score (nSPS) is 10.7. The molecule has 0 saturated heterocycles. The highest BCUT2D eigenvalue weighted by Crippen LogP contribution is 2.30. The monoisotopic (exact) mass is 399 g/mol. The van der Waals surface area contributed by atoms with Gasteiger partial charge in [-0.1, -0.05) is 30.3 Å². The van der Waals surface area contributed by atoms with E-state index >= 15 is 0 Å². The number of pyridine rings is 1. The van der Waals surface area contributed by atoms with E-state index in [9.17, 15) is 14.9 Å². The third-order valence-corrected chi connectivity index (χ3v) is 4.82. The van der Waals surface area contributed by atoms with E-state index in [1.807, 2.05) is 18.2 Å². The maximum Gasteiger partial charge on any atom is 0.333 e. The second-order valence-electron chi connectivity index (χ2n) is 6.65. The fourth-order valence-electron chi connectivity index (χ4n) is 3.45. The predicted molar refractivity (Wildman–Crippen MR) is 115 cm³/mol. The van der Waals surface area contributed by atoms with Crippen LogP contribution in [0.4, 0.5) is 17.1 Å². The lowest BCUT2D eigenvalue weighted by atomic mass is 10.1. The summed E-state index contributed by atoms with van der Waals surface area (Å²) in [7, 11) is 0. The highest BCUT2D eigenvalue weighted by atomic mass is 16.2. The number of hydrogen-bond acceptors (Lipinski definition) is 7. The summed E-state index contributed by atoms with van der Waals surface area (Å²) in [5, 5.41) is 11.9. The van der Waals surface area contributed by atoms with Crippen LogP contribution in [-0.2, 0) is 0 Å². The van der Waals surface area contributed by atoms with Crippen LogP contribution in [-0.4, -0.2) is 14.5 Å². The van der Waals surface area contributed by atoms with Crippen LogP contribution < -0.4 is 27.8 Å². The van der Waals surface area contributed by atoms with E-state index in [-0.39, 0.29) is 28.3 Å². The van der Waals surface area contributed by atoms with Gasteiger partial charge < -0.3 is 10.7 Å². The molecule has 0 bridgehead atoms. The molecule has 0 radical (unpaired) electrons. The van der Waals surface area contributed by atoms with Crippen LogP contribution >= 0.6 is 0 Å². The standard InChI is InChI=1S/C21H17N7O2/c1-12-18(28(24)19-13(9-22)6-4-8-16(19)23)20(29)27(21(30)26-12)17-11-25-10-14-5-2-3-7-15(14)17/h2-8,10-11H,23-24H2,1H3,(H,26,30). The SMILES string of the molecule is Cc1[nH]c(=O)n(-c2cncc3ccccc23)c(=O)c1N(N)c1c(N)cccc1C#N. The van der Waals surface area contributed by atoms with E-state index in [0.717, 1.165) is 15.0 Å². The largest absolute Gasteiger partial charge is 0.397 e. The Morgan fingerprint density at radius 3 is 2.63 bits per heavy atom. The molecule has 0 aliphatic carbocycles. The number of nitrogens with one attached hydrogen (secondary N) is 1. The predicted octanol–water partition coefficient (Wildman–Crippen LogP) is 1.85. The zero-order chi connectivity index (χ0) is 21.4. The van der Waals surface area contributed by atoms with Crippen LogP contribution in [0.5, 0.6) is 0 Å². The molecule has 0 amide bonds. The van der Waals surface area contributed by atoms with E-state index in [4.69, 9.17) is 11.6 Å². The van der Waals surface area contributed by atoms with Crippen LogP contribution in [0.15, 0.2) is 64.4 Å². The van der Waals surface area contributed by atoms with Gasteiger partial charge in [-0.05, 0) is 19.1 Å². The van der Waals surface area contributed by atoms with Gasteiger partial charge in [0.05, 0.1) is 28.8 Å². The molecular weight excluding hydrogens is 382 g/mol. The number of fused-ring (bicyclic) bond motifs is 1. The van der Waals surface area contributed by atoms with Crippen LogP contribution in [0.2, 0.25) is 0 Å². The van der Waals surface area contributed by atoms with Gasteiger partial charge in [-0.15, -0.1) is 0 Å². The molecule has 0 fully saturated rings. The summed E-state index contributed by atoms with van der Waals surface area (Å²) < 4.78 is 0.975. The molecule has 5 N–H and O–H groups in total. The van der Waals surface area contributed by atoms with Crippen molar-refractivity contribution in [3.05, 3.63) is 87.0 Å². The zero-order valence-corrected chi connectivity index (χ0v) is 16.0. The fourth-order valence-corrected chi connectivity index (χ4v) is 3.45. The van der Waals surface area contributed by atoms with Crippen LogP contribution in [0, 0.1) is 18.3 Å². The number of aromatic nitrogens is 3. The van der Waals surface area contributed by atoms with Gasteiger partial charge >= 0.3 is 5.69 Å². The first kappa shape index (κ1) is 18.9. The van der Waals surface area contributed by atoms with Gasteiger partial charge in [-0.25, -0.2) is 15.2 Å². The number of para-hydroxylation sites is 1. The van der Waals surface area contributed by atoms with Crippen molar-refractivity contribution in [3.63, 3.8) is 0 Å². The Kier molecular flexibility index (Phi) is 4.54. The average molecular weight is 399 g/mol. The number of nitrogens with zero attached hydrogens (tertiary/aromatic N) is 4. The number of nitrogen functional groups attached to an aromatic ring is 1. The lowest BCUT2D eigenvalue weighted by molar-refractivity contribution is 0.843. The minimum absolute atomic E-state index is 0.0167. The molecule has 4 rings (SSSR count). The zero-order valence-electron chi connectivity index (χ0n) is 16.0. The molecular formula is C21H17N7O2. The first-order chi connectivity index (χ1) is 14.4. The topological polar surface area (TPSA) is 147 Å². The van der Waals surface area contributed by atoms with Gasteiger partial charge in [0.1, 0.15) is 11.8 Å². The smallest absolute Gasteiger partial charge is 0.333 e. The number of anilines is 3. The number of hydrogen-bond donors (Lipinski definition) is 3. The number of nitriles is 1. The molecule has 0 atom stereocenters. The molecule has 4 aromatic rings. The maximum absolute atomic E-state index is 13.5. The highest BCUT2D eigenvalue weighted by Gasteiger charge is 2.22. The second-order valence-corrected chi connectivity index (χ2v) is 6.65. The Bertz CT molecular complexity index is 1440. The summed E-state index contributed by atoms with van der Waals surface area (Å²) in [6.07, 6.45) is 3.09. The molecule has 0 saturated carbocycles. The van der Waals surface area contributed by atoms with Crippen molar-refractivity contribution in [2.24, 2.45) is 5.84 Å². The molecule has 9 nitrogen and oxygen atoms in total. The Labute approximate surface area is 170 Å². The molecule has 2 heterocycles. The number of H-pyrrole nitrogens is 1. The third kappa shape index (κ3) is 2.88. The number of hydrazine groups is 1. The maximum atomic E-state index is 13.5. The Morgan fingerprint density at radius 2 is 1.87 bits per heavy atom. The van der Waals surface area contributed by atoms with Crippen molar-refractivity contribution >= 4 is 27.8 Å². The van der Waals surface area contributed by atoms with Crippen molar-refractivity contribution in [1.82, 2.24) is 14.5 Å². The summed E-state index contributed by atoms with van der Waals surface area (Å²) in [6.45, 7) is 1.55. The fraction of sp³-hybridized carbons (Fsp3) is 0.0476. The number of benzene rings is 2. The Hall–Kier alpha value is -4.42. The number of aromatic amines is 1. The minimum Gasteiger partial charge on any atom is -0.397 e. The molecule has 0 aliphatic rings. The Balaban J connectivity index is 2.03. The van der Waals surface area contributed by atoms with Gasteiger partial charge in [0.2, 0.25) is 0 Å². The van der Waals surface area contributed by atoms with E-state index in [2.05, 4.69) is 9.97 Å². The van der Waals surface area contributed by atoms with Gasteiger partial charge in [0.15, 0.2) is 0 Å². The first-order valence-electron chi connectivity index (χ1n) is 8.96. The van der Waals surface area contributed by atoms with Crippen molar-refractivity contribution in [3.8, 4) is 11.8 Å². The molecule has 30 heavy (non-hydrogen) atoms. The van der Waals surface area contributed by atoms with Crippen molar-refractivity contribution in [1.29, 1.82) is 5.26 Å². The van der Waals surface area contributed by atoms with Gasteiger partial charge in [-0.3, -0.25) is 14.8 Å². The average Bonchev–Trinajstić information content (AvgIpc) is 2.73. The first-order valence-corrected chi connectivity index (χ1v) is 8.96. The summed E-state index contributed by atoms with van der Waals surface area (Å²) >= 11 is 0. The summed E-state index contributed by atoms with van der Waals surface area (Å²) in [5.41, 5.74) is 5.86. The van der Waals surface area contributed by atoms with E-state index in [1.54, 1.807) is 43.5 Å². The molecule has 2 aromatic carbocycles. The summed E-state index contributed by atoms with van der Waals surface area (Å²) in [6, 6.07) is 14.0. The van der Waals surface area contributed by atoms with E-state index < -0.39 is 11.2 Å². The third-order valence-electron chi connectivity index (χ3n) is 4.82. The number of rotatable bonds is 3. The van der Waals surface area contributed by atoms with Gasteiger partial charge in [0.25, 0.3) is 5.56 Å². The molecule has 0 aliphatic heterocycles. The second kappa shape index (κ2) is 7.20. The molecule has 2 aromatic heterocycles. The lowest BCUT2D eigenvalue weighted by Gasteiger charge is -2.23. The van der Waals surface area contributed by atoms with Crippen LogP contribution in [0.3, 0.4) is 0 Å². The van der Waals surface area contributed by atoms with E-state index in [0.29, 0.717) is 11.1 Å². The van der Waals surface area contributed by atoms with Gasteiger partial charge in [-0.2, -0.15) is 5.26 Å². The van der Waals surface area contributed by atoms with Crippen molar-refractivity contribution in [2.45, 2.75) is 6.92 Å². The molecule has 0 unspecified atom stereocenters. The molecule has 0 spiro atoms. The summed E-state index contributed by atoms with van der Waals surface area (Å²) in [4.78, 5) is 33.0. The molecule has 148 valence electrons. The van der Waals surface area contributed by atoms with Crippen LogP contribution in [0.1, 0.15) is 11.3 Å². The number of aryl methyl sites for hydroxylation is 1. The lowest BCUT2D eigenvalue weighted by Crippen LogP contribution is -2.41. The van der Waals surface area contributed by atoms with Crippen molar-refractivity contribution in [2.75, 3.05) is 10.7 Å². The quantitative estimate of drug-likeness (QED) is 0.270. The van der Waals surface area contributed by atoms with Gasteiger partial charge in [0, 0.05) is 22.7 Å². The Morgan fingerprint density at radius 1 is 1.10 bits per heavy atom. The van der Waals surface area contributed by atoms with Crippen LogP contribution in [0.25, 0.3) is 16.5 Å². The van der Waals surface area contributed by atoms with Crippen molar-refractivity contribution < 1.29 is 0 Å². The molecule has 9 heteroatoms. The summed E-state index contributed by atoms with van der Waals surface area (Å²) in [5.74, 6) is 6.26. The highest BCUT2D eigenvalue weighted by molar-refractivity contribution is 5.89. The van der Waals surface area contributed by atoms with E-state index in [1.165, 1.54) is 6.20 Å². The number of nitrogens with two attached hydrogens (primary N) is 2.